The third-order valence-electron chi connectivity index (χ3n) is 4.71. The Balaban J connectivity index is 1.70. The Labute approximate surface area is 172 Å². The molecule has 0 radical (unpaired) electrons. The van der Waals surface area contributed by atoms with E-state index in [1.807, 2.05) is 12.1 Å². The number of hydrogen-bond donors (Lipinski definition) is 1. The maximum atomic E-state index is 13.2. The molecule has 7 nitrogen and oxygen atoms in total. The number of amides is 1. The molecular formula is C23H19N3O4. The minimum Gasteiger partial charge on any atom is -0.495 e. The number of anilines is 1. The Morgan fingerprint density at radius 1 is 1.13 bits per heavy atom. The van der Waals surface area contributed by atoms with Gasteiger partial charge in [-0.05, 0) is 42.8 Å². The summed E-state index contributed by atoms with van der Waals surface area (Å²) in [5.74, 6) is 0.631. The fraction of sp³-hybridized carbons (Fsp3) is 0.0870. The van der Waals surface area contributed by atoms with E-state index in [9.17, 15) is 9.59 Å². The average Bonchev–Trinajstić information content (AvgIpc) is 3.29. The molecule has 1 N–H and O–H groups in total. The highest BCUT2D eigenvalue weighted by atomic mass is 16.5. The van der Waals surface area contributed by atoms with Gasteiger partial charge >= 0.3 is 0 Å². The molecule has 0 saturated heterocycles. The molecule has 7 heteroatoms. The van der Waals surface area contributed by atoms with Crippen LogP contribution in [0, 0.1) is 6.92 Å². The lowest BCUT2D eigenvalue weighted by atomic mass is 10.1. The van der Waals surface area contributed by atoms with Gasteiger partial charge in [0.05, 0.1) is 19.0 Å². The number of methoxy groups -OCH3 is 1. The first-order valence-corrected chi connectivity index (χ1v) is 9.24. The zero-order valence-electron chi connectivity index (χ0n) is 16.5. The molecule has 4 rings (SSSR count). The number of carbonyl (C=O) groups is 1. The Morgan fingerprint density at radius 2 is 1.97 bits per heavy atom. The number of oxazole rings is 1. The third kappa shape index (κ3) is 3.60. The highest BCUT2D eigenvalue weighted by Gasteiger charge is 2.18. The van der Waals surface area contributed by atoms with Crippen LogP contribution in [0.3, 0.4) is 0 Å². The number of pyridine rings is 1. The maximum absolute atomic E-state index is 13.2. The second kappa shape index (κ2) is 8.08. The van der Waals surface area contributed by atoms with Gasteiger partial charge in [0.25, 0.3) is 11.5 Å². The fourth-order valence-electron chi connectivity index (χ4n) is 3.22. The predicted octanol–water partition coefficient (Wildman–Crippen LogP) is 4.06. The Kier molecular flexibility index (Phi) is 5.17. The van der Waals surface area contributed by atoms with Gasteiger partial charge in [0.15, 0.2) is 12.2 Å². The van der Waals surface area contributed by atoms with E-state index in [2.05, 4.69) is 10.3 Å². The smallest absolute Gasteiger partial charge is 0.268 e. The van der Waals surface area contributed by atoms with E-state index in [1.54, 1.807) is 61.8 Å². The number of para-hydroxylation sites is 2. The van der Waals surface area contributed by atoms with Gasteiger partial charge < -0.3 is 14.5 Å². The average molecular weight is 401 g/mol. The highest BCUT2D eigenvalue weighted by Crippen LogP contribution is 2.23. The molecule has 0 spiro atoms. The van der Waals surface area contributed by atoms with E-state index in [0.717, 1.165) is 5.56 Å². The molecule has 0 atom stereocenters. The van der Waals surface area contributed by atoms with Crippen LogP contribution in [0.25, 0.3) is 17.0 Å². The second-order valence-corrected chi connectivity index (χ2v) is 6.62. The maximum Gasteiger partial charge on any atom is 0.268 e. The van der Waals surface area contributed by atoms with Crippen LogP contribution in [0.5, 0.6) is 5.75 Å². The van der Waals surface area contributed by atoms with Gasteiger partial charge in [0.2, 0.25) is 0 Å². The Morgan fingerprint density at radius 3 is 2.73 bits per heavy atom. The summed E-state index contributed by atoms with van der Waals surface area (Å²) in [6.45, 7) is 1.73. The van der Waals surface area contributed by atoms with E-state index >= 15 is 0 Å². The van der Waals surface area contributed by atoms with Gasteiger partial charge in [-0.3, -0.25) is 14.2 Å². The van der Waals surface area contributed by atoms with Crippen molar-refractivity contribution < 1.29 is 13.9 Å². The molecule has 0 saturated carbocycles. The van der Waals surface area contributed by atoms with Crippen LogP contribution < -0.4 is 15.6 Å². The molecule has 0 aliphatic carbocycles. The molecule has 2 heterocycles. The molecule has 2 aromatic heterocycles. The minimum absolute atomic E-state index is 0.0634. The largest absolute Gasteiger partial charge is 0.495 e. The lowest BCUT2D eigenvalue weighted by molar-refractivity contribution is 0.102. The normalized spacial score (nSPS) is 10.6. The summed E-state index contributed by atoms with van der Waals surface area (Å²) in [5.41, 5.74) is 2.08. The molecule has 1 amide bonds. The number of aryl methyl sites for hydroxylation is 1. The van der Waals surface area contributed by atoms with Crippen molar-refractivity contribution in [1.29, 1.82) is 0 Å². The van der Waals surface area contributed by atoms with Crippen LogP contribution in [0.2, 0.25) is 0 Å². The van der Waals surface area contributed by atoms with Crippen molar-refractivity contribution in [2.45, 2.75) is 6.92 Å². The van der Waals surface area contributed by atoms with Crippen LogP contribution in [0.1, 0.15) is 15.9 Å². The molecule has 0 unspecified atom stereocenters. The number of aromatic nitrogens is 2. The summed E-state index contributed by atoms with van der Waals surface area (Å²) >= 11 is 0. The number of ether oxygens (including phenoxy) is 1. The number of carbonyl (C=O) groups excluding carboxylic acids is 1. The van der Waals surface area contributed by atoms with Crippen molar-refractivity contribution in [1.82, 2.24) is 9.55 Å². The summed E-state index contributed by atoms with van der Waals surface area (Å²) < 4.78 is 12.1. The zero-order valence-corrected chi connectivity index (χ0v) is 16.5. The van der Waals surface area contributed by atoms with Crippen molar-refractivity contribution in [3.05, 3.63) is 94.9 Å². The van der Waals surface area contributed by atoms with Crippen LogP contribution in [0.4, 0.5) is 5.69 Å². The SMILES string of the molecule is COc1ccccc1-n1ccc(C)c(C(=O)Nc2cccc(-c3cnco3)c2)c1=O. The molecule has 30 heavy (non-hydrogen) atoms. The van der Waals surface area contributed by atoms with Gasteiger partial charge in [-0.2, -0.15) is 0 Å². The van der Waals surface area contributed by atoms with Crippen LogP contribution in [-0.2, 0) is 0 Å². The number of nitrogens with zero attached hydrogens (tertiary/aromatic N) is 2. The van der Waals surface area contributed by atoms with Gasteiger partial charge in [-0.25, -0.2) is 4.98 Å². The summed E-state index contributed by atoms with van der Waals surface area (Å²) in [4.78, 5) is 30.1. The minimum atomic E-state index is -0.489. The van der Waals surface area contributed by atoms with Gasteiger partial charge in [0.1, 0.15) is 11.3 Å². The Hall–Kier alpha value is -4.13. The van der Waals surface area contributed by atoms with E-state index in [4.69, 9.17) is 9.15 Å². The zero-order chi connectivity index (χ0) is 21.1. The number of hydrogen-bond acceptors (Lipinski definition) is 5. The topological polar surface area (TPSA) is 86.4 Å². The second-order valence-electron chi connectivity index (χ2n) is 6.62. The lowest BCUT2D eigenvalue weighted by Crippen LogP contribution is -2.29. The third-order valence-corrected chi connectivity index (χ3v) is 4.71. The first kappa shape index (κ1) is 19.2. The number of nitrogens with one attached hydrogen (secondary N) is 1. The summed E-state index contributed by atoms with van der Waals surface area (Å²) in [5, 5.41) is 2.80. The number of rotatable bonds is 5. The quantitative estimate of drug-likeness (QED) is 0.545. The van der Waals surface area contributed by atoms with Crippen LogP contribution >= 0.6 is 0 Å². The van der Waals surface area contributed by atoms with E-state index < -0.39 is 11.5 Å². The van der Waals surface area contributed by atoms with Crippen molar-refractivity contribution >= 4 is 11.6 Å². The van der Waals surface area contributed by atoms with Crippen LogP contribution in [-0.4, -0.2) is 22.6 Å². The first-order chi connectivity index (χ1) is 14.6. The summed E-state index contributed by atoms with van der Waals surface area (Å²) in [6, 6.07) is 16.0. The fourth-order valence-corrected chi connectivity index (χ4v) is 3.22. The summed E-state index contributed by atoms with van der Waals surface area (Å²) in [7, 11) is 1.53. The van der Waals surface area contributed by atoms with Gasteiger partial charge in [0, 0.05) is 17.4 Å². The molecule has 0 aliphatic heterocycles. The van der Waals surface area contributed by atoms with Crippen molar-refractivity contribution in [2.24, 2.45) is 0 Å². The molecule has 2 aromatic carbocycles. The van der Waals surface area contributed by atoms with Gasteiger partial charge in [-0.1, -0.05) is 24.3 Å². The first-order valence-electron chi connectivity index (χ1n) is 9.24. The number of benzene rings is 2. The molecule has 0 bridgehead atoms. The van der Waals surface area contributed by atoms with E-state index in [0.29, 0.717) is 28.4 Å². The van der Waals surface area contributed by atoms with Crippen molar-refractivity contribution in [3.8, 4) is 22.8 Å². The molecule has 0 fully saturated rings. The standard InChI is InChI=1S/C23H19N3O4/c1-15-10-11-26(18-8-3-4-9-19(18)29-2)23(28)21(15)22(27)25-17-7-5-6-16(12-17)20-13-24-14-30-20/h3-14H,1-2H3,(H,25,27). The van der Waals surface area contributed by atoms with E-state index in [-0.39, 0.29) is 5.56 Å². The van der Waals surface area contributed by atoms with Gasteiger partial charge in [-0.15, -0.1) is 0 Å². The summed E-state index contributed by atoms with van der Waals surface area (Å²) in [6.07, 6.45) is 4.57. The Bertz CT molecular complexity index is 1260. The van der Waals surface area contributed by atoms with E-state index in [1.165, 1.54) is 18.1 Å². The molecular weight excluding hydrogens is 382 g/mol. The molecule has 4 aromatic rings. The van der Waals surface area contributed by atoms with Crippen molar-refractivity contribution in [3.63, 3.8) is 0 Å². The van der Waals surface area contributed by atoms with Crippen molar-refractivity contribution in [2.75, 3.05) is 12.4 Å². The lowest BCUT2D eigenvalue weighted by Gasteiger charge is -2.14. The molecule has 150 valence electrons. The highest BCUT2D eigenvalue weighted by molar-refractivity contribution is 6.05. The predicted molar refractivity (Wildman–Crippen MR) is 113 cm³/mol. The molecule has 0 aliphatic rings. The van der Waals surface area contributed by atoms with Crippen LogP contribution in [0.15, 0.2) is 82.6 Å². The monoisotopic (exact) mass is 401 g/mol.